The number of hydrogen-bond acceptors (Lipinski definition) is 5. The Bertz CT molecular complexity index is 692. The minimum Gasteiger partial charge on any atom is -0.508 e. The Hall–Kier alpha value is -3.02. The summed E-state index contributed by atoms with van der Waals surface area (Å²) in [6, 6.07) is 9.50. The first-order chi connectivity index (χ1) is 9.99. The van der Waals surface area contributed by atoms with Crippen LogP contribution in [0.3, 0.4) is 0 Å². The molecule has 0 bridgehead atoms. The minimum atomic E-state index is -1.16. The summed E-state index contributed by atoms with van der Waals surface area (Å²) in [4.78, 5) is 22.9. The molecule has 0 atom stereocenters. The Morgan fingerprint density at radius 2 is 1.71 bits per heavy atom. The van der Waals surface area contributed by atoms with E-state index in [-0.39, 0.29) is 28.4 Å². The molecule has 0 aliphatic rings. The van der Waals surface area contributed by atoms with Gasteiger partial charge < -0.3 is 20.1 Å². The number of para-hydroxylation sites is 1. The molecule has 0 heterocycles. The molecular weight excluding hydrogens is 276 g/mol. The average Bonchev–Trinajstić information content (AvgIpc) is 2.45. The van der Waals surface area contributed by atoms with Crippen LogP contribution in [0.4, 0.5) is 0 Å². The van der Waals surface area contributed by atoms with Gasteiger partial charge in [-0.1, -0.05) is 12.1 Å². The number of ketones is 1. The van der Waals surface area contributed by atoms with E-state index in [4.69, 9.17) is 14.9 Å². The van der Waals surface area contributed by atoms with Gasteiger partial charge in [-0.3, -0.25) is 4.79 Å². The van der Waals surface area contributed by atoms with Gasteiger partial charge in [0.15, 0.2) is 6.61 Å². The summed E-state index contributed by atoms with van der Waals surface area (Å²) in [5.74, 6) is -2.16. The van der Waals surface area contributed by atoms with Gasteiger partial charge in [0.2, 0.25) is 5.78 Å². The molecule has 0 spiro atoms. The third-order valence-corrected chi connectivity index (χ3v) is 2.76. The molecule has 0 saturated heterocycles. The Kier molecular flexibility index (Phi) is 4.08. The van der Waals surface area contributed by atoms with E-state index in [2.05, 4.69) is 0 Å². The quantitative estimate of drug-likeness (QED) is 0.727. The molecule has 108 valence electrons. The van der Waals surface area contributed by atoms with E-state index >= 15 is 0 Å². The van der Waals surface area contributed by atoms with E-state index in [9.17, 15) is 14.7 Å². The van der Waals surface area contributed by atoms with Crippen LogP contribution in [0.1, 0.15) is 20.7 Å². The van der Waals surface area contributed by atoms with Crippen LogP contribution < -0.4 is 4.74 Å². The summed E-state index contributed by atoms with van der Waals surface area (Å²) in [6.45, 7) is -0.428. The van der Waals surface area contributed by atoms with Crippen LogP contribution in [0.15, 0.2) is 42.5 Å². The standard InChI is InChI=1S/C15H12O6/c16-9-5-6-10(12(17)7-9)13(18)8-21-14-4-2-1-3-11(14)15(19)20/h1-7,16-17H,8H2,(H,19,20). The highest BCUT2D eigenvalue weighted by Crippen LogP contribution is 2.24. The zero-order chi connectivity index (χ0) is 15.4. The zero-order valence-electron chi connectivity index (χ0n) is 10.8. The summed E-state index contributed by atoms with van der Waals surface area (Å²) in [5, 5.41) is 27.7. The lowest BCUT2D eigenvalue weighted by Crippen LogP contribution is -2.13. The first-order valence-electron chi connectivity index (χ1n) is 5.99. The molecular formula is C15H12O6. The van der Waals surface area contributed by atoms with Crippen molar-refractivity contribution in [2.24, 2.45) is 0 Å². The lowest BCUT2D eigenvalue weighted by atomic mass is 10.1. The van der Waals surface area contributed by atoms with E-state index in [1.54, 1.807) is 12.1 Å². The molecule has 6 nitrogen and oxygen atoms in total. The maximum atomic E-state index is 11.9. The molecule has 0 amide bonds. The minimum absolute atomic E-state index is 0.0133. The number of carbonyl (C=O) groups excluding carboxylic acids is 1. The monoisotopic (exact) mass is 288 g/mol. The van der Waals surface area contributed by atoms with Crippen LogP contribution in [-0.4, -0.2) is 33.7 Å². The second-order valence-corrected chi connectivity index (χ2v) is 4.21. The molecule has 6 heteroatoms. The molecule has 3 N–H and O–H groups in total. The second kappa shape index (κ2) is 5.96. The number of rotatable bonds is 5. The van der Waals surface area contributed by atoms with Gasteiger partial charge in [0.05, 0.1) is 5.56 Å². The Labute approximate surface area is 119 Å². The summed E-state index contributed by atoms with van der Waals surface area (Å²) < 4.78 is 5.20. The molecule has 0 aliphatic heterocycles. The van der Waals surface area contributed by atoms with Crippen molar-refractivity contribution in [3.8, 4) is 17.2 Å². The van der Waals surface area contributed by atoms with Crippen LogP contribution in [0.5, 0.6) is 17.2 Å². The number of carboxylic acid groups (broad SMARTS) is 1. The number of Topliss-reactive ketones (excluding diaryl/α,β-unsaturated/α-hetero) is 1. The van der Waals surface area contributed by atoms with Gasteiger partial charge in [-0.15, -0.1) is 0 Å². The fourth-order valence-corrected chi connectivity index (χ4v) is 1.75. The summed E-state index contributed by atoms with van der Waals surface area (Å²) >= 11 is 0. The van der Waals surface area contributed by atoms with Crippen LogP contribution in [-0.2, 0) is 0 Å². The third kappa shape index (κ3) is 3.30. The smallest absolute Gasteiger partial charge is 0.339 e. The van der Waals surface area contributed by atoms with Gasteiger partial charge >= 0.3 is 5.97 Å². The van der Waals surface area contributed by atoms with Gasteiger partial charge in [0.1, 0.15) is 22.8 Å². The van der Waals surface area contributed by atoms with Crippen molar-refractivity contribution in [1.82, 2.24) is 0 Å². The molecule has 0 aromatic heterocycles. The molecule has 0 aliphatic carbocycles. The SMILES string of the molecule is O=C(COc1ccccc1C(=O)O)c1ccc(O)cc1O. The summed E-state index contributed by atoms with van der Waals surface area (Å²) in [7, 11) is 0. The highest BCUT2D eigenvalue weighted by atomic mass is 16.5. The van der Waals surface area contributed by atoms with Gasteiger partial charge in [0, 0.05) is 6.07 Å². The molecule has 0 unspecified atom stereocenters. The fraction of sp³-hybridized carbons (Fsp3) is 0.0667. The summed E-state index contributed by atoms with van der Waals surface area (Å²) in [6.07, 6.45) is 0. The van der Waals surface area contributed by atoms with Gasteiger partial charge in [-0.25, -0.2) is 4.79 Å². The average molecular weight is 288 g/mol. The maximum Gasteiger partial charge on any atom is 0.339 e. The molecule has 0 radical (unpaired) electrons. The molecule has 0 fully saturated rings. The van der Waals surface area contributed by atoms with Crippen molar-refractivity contribution in [1.29, 1.82) is 0 Å². The van der Waals surface area contributed by atoms with Crippen molar-refractivity contribution < 1.29 is 29.6 Å². The predicted octanol–water partition coefficient (Wildman–Crippen LogP) is 2.06. The highest BCUT2D eigenvalue weighted by Gasteiger charge is 2.15. The molecule has 21 heavy (non-hydrogen) atoms. The fourth-order valence-electron chi connectivity index (χ4n) is 1.75. The topological polar surface area (TPSA) is 104 Å². The molecule has 0 saturated carbocycles. The Balaban J connectivity index is 2.13. The van der Waals surface area contributed by atoms with Crippen LogP contribution in [0.25, 0.3) is 0 Å². The largest absolute Gasteiger partial charge is 0.508 e. The van der Waals surface area contributed by atoms with E-state index < -0.39 is 18.4 Å². The molecule has 2 rings (SSSR count). The van der Waals surface area contributed by atoms with E-state index in [0.29, 0.717) is 0 Å². The van der Waals surface area contributed by atoms with Crippen molar-refractivity contribution in [3.63, 3.8) is 0 Å². The van der Waals surface area contributed by atoms with E-state index in [1.165, 1.54) is 24.3 Å². The first-order valence-corrected chi connectivity index (χ1v) is 5.99. The number of phenols is 2. The number of ether oxygens (including phenoxy) is 1. The van der Waals surface area contributed by atoms with Crippen LogP contribution >= 0.6 is 0 Å². The second-order valence-electron chi connectivity index (χ2n) is 4.21. The third-order valence-electron chi connectivity index (χ3n) is 2.76. The first kappa shape index (κ1) is 14.4. The highest BCUT2D eigenvalue weighted by molar-refractivity contribution is 6.00. The van der Waals surface area contributed by atoms with Crippen LogP contribution in [0, 0.1) is 0 Å². The lowest BCUT2D eigenvalue weighted by Gasteiger charge is -2.09. The Morgan fingerprint density at radius 3 is 2.38 bits per heavy atom. The van der Waals surface area contributed by atoms with Crippen molar-refractivity contribution in [2.75, 3.05) is 6.61 Å². The van der Waals surface area contributed by atoms with Gasteiger partial charge in [-0.2, -0.15) is 0 Å². The van der Waals surface area contributed by atoms with E-state index in [0.717, 1.165) is 6.07 Å². The number of phenolic OH excluding ortho intramolecular Hbond substituents is 2. The number of carboxylic acids is 1. The zero-order valence-corrected chi connectivity index (χ0v) is 10.8. The lowest BCUT2D eigenvalue weighted by molar-refractivity contribution is 0.0688. The van der Waals surface area contributed by atoms with Crippen LogP contribution in [0.2, 0.25) is 0 Å². The predicted molar refractivity (Wildman–Crippen MR) is 73.0 cm³/mol. The number of benzene rings is 2. The summed E-state index contributed by atoms with van der Waals surface area (Å²) in [5.41, 5.74) is -0.0687. The van der Waals surface area contributed by atoms with Gasteiger partial charge in [-0.05, 0) is 24.3 Å². The van der Waals surface area contributed by atoms with Gasteiger partial charge in [0.25, 0.3) is 0 Å². The Morgan fingerprint density at radius 1 is 1.00 bits per heavy atom. The van der Waals surface area contributed by atoms with Crippen molar-refractivity contribution in [3.05, 3.63) is 53.6 Å². The van der Waals surface area contributed by atoms with E-state index in [1.807, 2.05) is 0 Å². The number of hydrogen-bond donors (Lipinski definition) is 3. The maximum absolute atomic E-state index is 11.9. The van der Waals surface area contributed by atoms with Crippen molar-refractivity contribution in [2.45, 2.75) is 0 Å². The molecule has 2 aromatic rings. The molecule has 2 aromatic carbocycles. The normalized spacial score (nSPS) is 10.1. The van der Waals surface area contributed by atoms with Crippen molar-refractivity contribution >= 4 is 11.8 Å². The number of carbonyl (C=O) groups is 2. The number of aromatic hydroxyl groups is 2. The number of aromatic carboxylic acids is 1.